The van der Waals surface area contributed by atoms with Crippen LogP contribution in [0.15, 0.2) is 17.2 Å². The molecule has 15 heavy (non-hydrogen) atoms. The summed E-state index contributed by atoms with van der Waals surface area (Å²) < 4.78 is 23.4. The lowest BCUT2D eigenvalue weighted by molar-refractivity contribution is 0.0947. The Morgan fingerprint density at radius 2 is 2.20 bits per heavy atom. The Balaban J connectivity index is 3.13. The fraction of sp³-hybridized carbons (Fsp3) is 0.375. The fourth-order valence-electron chi connectivity index (χ4n) is 1.17. The highest BCUT2D eigenvalue weighted by molar-refractivity contribution is 7.89. The fourth-order valence-corrected chi connectivity index (χ4v) is 1.75. The Morgan fingerprint density at radius 3 is 2.60 bits per heavy atom. The Kier molecular flexibility index (Phi) is 3.15. The number of nitrogens with two attached hydrogens (primary N) is 1. The molecule has 84 valence electrons. The van der Waals surface area contributed by atoms with Gasteiger partial charge in [-0.3, -0.25) is 4.79 Å². The van der Waals surface area contributed by atoms with Crippen molar-refractivity contribution in [3.8, 4) is 0 Å². The van der Waals surface area contributed by atoms with Gasteiger partial charge in [-0.1, -0.05) is 0 Å². The lowest BCUT2D eigenvalue weighted by Gasteiger charge is -2.01. The third-order valence-corrected chi connectivity index (χ3v) is 2.76. The molecule has 0 unspecified atom stereocenters. The van der Waals surface area contributed by atoms with Crippen molar-refractivity contribution in [2.24, 2.45) is 12.2 Å². The van der Waals surface area contributed by atoms with Crippen molar-refractivity contribution in [2.75, 3.05) is 6.54 Å². The molecule has 3 N–H and O–H groups in total. The highest BCUT2D eigenvalue weighted by Gasteiger charge is 2.16. The zero-order chi connectivity index (χ0) is 11.6. The number of hydrogen-bond acceptors (Lipinski definition) is 3. The van der Waals surface area contributed by atoms with Gasteiger partial charge in [0.1, 0.15) is 10.6 Å². The monoisotopic (exact) mass is 231 g/mol. The normalized spacial score (nSPS) is 11.4. The minimum atomic E-state index is -3.75. The van der Waals surface area contributed by atoms with Gasteiger partial charge in [0.15, 0.2) is 0 Å². The first-order chi connectivity index (χ1) is 6.86. The summed E-state index contributed by atoms with van der Waals surface area (Å²) in [5.41, 5.74) is 0.265. The number of nitrogens with one attached hydrogen (secondary N) is 1. The summed E-state index contributed by atoms with van der Waals surface area (Å²) in [6.07, 6.45) is 1.31. The molecule has 6 nitrogen and oxygen atoms in total. The summed E-state index contributed by atoms with van der Waals surface area (Å²) >= 11 is 0. The van der Waals surface area contributed by atoms with Crippen LogP contribution in [0.5, 0.6) is 0 Å². The molecule has 0 atom stereocenters. The molecule has 0 saturated heterocycles. The van der Waals surface area contributed by atoms with Gasteiger partial charge in [-0.25, -0.2) is 13.6 Å². The Labute approximate surface area is 88.1 Å². The van der Waals surface area contributed by atoms with Gasteiger partial charge in [-0.05, 0) is 13.0 Å². The molecule has 7 heteroatoms. The van der Waals surface area contributed by atoms with E-state index < -0.39 is 10.0 Å². The van der Waals surface area contributed by atoms with Crippen molar-refractivity contribution in [1.29, 1.82) is 0 Å². The van der Waals surface area contributed by atoms with Crippen LogP contribution in [-0.4, -0.2) is 25.4 Å². The minimum Gasteiger partial charge on any atom is -0.351 e. The van der Waals surface area contributed by atoms with E-state index in [0.29, 0.717) is 6.54 Å². The second-order valence-electron chi connectivity index (χ2n) is 3.08. The number of nitrogens with zero attached hydrogens (tertiary/aromatic N) is 1. The van der Waals surface area contributed by atoms with Crippen molar-refractivity contribution in [1.82, 2.24) is 9.88 Å². The third kappa shape index (κ3) is 2.57. The zero-order valence-corrected chi connectivity index (χ0v) is 9.34. The highest BCUT2D eigenvalue weighted by Crippen LogP contribution is 2.11. The first-order valence-electron chi connectivity index (χ1n) is 4.33. The van der Waals surface area contributed by atoms with E-state index in [1.807, 2.05) is 0 Å². The van der Waals surface area contributed by atoms with Gasteiger partial charge in [0.2, 0.25) is 10.0 Å². The molecular weight excluding hydrogens is 218 g/mol. The van der Waals surface area contributed by atoms with Crippen LogP contribution in [0, 0.1) is 0 Å². The van der Waals surface area contributed by atoms with Gasteiger partial charge in [-0.15, -0.1) is 0 Å². The molecule has 0 aliphatic heterocycles. The van der Waals surface area contributed by atoms with Crippen molar-refractivity contribution < 1.29 is 13.2 Å². The summed E-state index contributed by atoms with van der Waals surface area (Å²) in [4.78, 5) is 11.4. The predicted molar refractivity (Wildman–Crippen MR) is 54.8 cm³/mol. The molecule has 0 aromatic carbocycles. The second-order valence-corrected chi connectivity index (χ2v) is 4.64. The molecular formula is C8H13N3O3S. The molecule has 0 bridgehead atoms. The molecule has 1 heterocycles. The van der Waals surface area contributed by atoms with Crippen molar-refractivity contribution in [3.05, 3.63) is 18.0 Å². The topological polar surface area (TPSA) is 94.2 Å². The number of carbonyl (C=O) groups excluding carboxylic acids is 1. The van der Waals surface area contributed by atoms with Crippen molar-refractivity contribution >= 4 is 15.9 Å². The van der Waals surface area contributed by atoms with Gasteiger partial charge in [0.05, 0.1) is 0 Å². The molecule has 0 spiro atoms. The van der Waals surface area contributed by atoms with Gasteiger partial charge >= 0.3 is 0 Å². The average Bonchev–Trinajstić information content (AvgIpc) is 2.47. The molecule has 0 saturated carbocycles. The number of rotatable bonds is 3. The number of primary sulfonamides is 1. The van der Waals surface area contributed by atoms with Crippen molar-refractivity contribution in [3.63, 3.8) is 0 Å². The van der Waals surface area contributed by atoms with E-state index in [0.717, 1.165) is 0 Å². The number of hydrogen-bond donors (Lipinski definition) is 2. The van der Waals surface area contributed by atoms with E-state index in [1.165, 1.54) is 16.8 Å². The van der Waals surface area contributed by atoms with Crippen LogP contribution in [-0.2, 0) is 17.1 Å². The Bertz CT molecular complexity index is 475. The Hall–Kier alpha value is -1.34. The quantitative estimate of drug-likeness (QED) is 0.728. The van der Waals surface area contributed by atoms with Crippen LogP contribution in [0.4, 0.5) is 0 Å². The maximum absolute atomic E-state index is 11.4. The smallest absolute Gasteiger partial charge is 0.267 e. The van der Waals surface area contributed by atoms with Gasteiger partial charge in [0.25, 0.3) is 5.91 Å². The van der Waals surface area contributed by atoms with E-state index in [4.69, 9.17) is 5.14 Å². The first kappa shape index (κ1) is 11.7. The number of aromatic nitrogens is 1. The molecule has 1 amide bonds. The zero-order valence-electron chi connectivity index (χ0n) is 8.52. The van der Waals surface area contributed by atoms with Crippen LogP contribution < -0.4 is 10.5 Å². The molecule has 0 radical (unpaired) electrons. The third-order valence-electron chi connectivity index (χ3n) is 1.88. The summed E-state index contributed by atoms with van der Waals surface area (Å²) in [5, 5.41) is 7.51. The van der Waals surface area contributed by atoms with E-state index in [9.17, 15) is 13.2 Å². The summed E-state index contributed by atoms with van der Waals surface area (Å²) in [6.45, 7) is 2.26. The summed E-state index contributed by atoms with van der Waals surface area (Å²) in [7, 11) is -2.17. The highest BCUT2D eigenvalue weighted by atomic mass is 32.2. The molecule has 1 aromatic heterocycles. The van der Waals surface area contributed by atoms with Gasteiger partial charge in [-0.2, -0.15) is 0 Å². The predicted octanol–water partition coefficient (Wildman–Crippen LogP) is -0.578. The standard InChI is InChI=1S/C8H13N3O3S/c1-3-10-8(12)7-4-6(5-11(7)2)15(9,13)14/h4-5H,3H2,1-2H3,(H,10,12)(H2,9,13,14). The van der Waals surface area contributed by atoms with E-state index in [-0.39, 0.29) is 16.5 Å². The van der Waals surface area contributed by atoms with E-state index >= 15 is 0 Å². The number of aryl methyl sites for hydroxylation is 1. The number of amides is 1. The lowest BCUT2D eigenvalue weighted by atomic mass is 10.4. The SMILES string of the molecule is CCNC(=O)c1cc(S(N)(=O)=O)cn1C. The van der Waals surface area contributed by atoms with E-state index in [2.05, 4.69) is 5.32 Å². The van der Waals surface area contributed by atoms with Crippen LogP contribution in [0.3, 0.4) is 0 Å². The molecule has 0 fully saturated rings. The van der Waals surface area contributed by atoms with Gasteiger partial charge in [0, 0.05) is 19.8 Å². The number of sulfonamides is 1. The maximum Gasteiger partial charge on any atom is 0.267 e. The molecule has 0 aliphatic rings. The molecule has 0 aliphatic carbocycles. The van der Waals surface area contributed by atoms with Crippen LogP contribution in [0.25, 0.3) is 0 Å². The van der Waals surface area contributed by atoms with Crippen LogP contribution in [0.1, 0.15) is 17.4 Å². The molecule has 1 aromatic rings. The van der Waals surface area contributed by atoms with Crippen LogP contribution >= 0.6 is 0 Å². The van der Waals surface area contributed by atoms with Crippen LogP contribution in [0.2, 0.25) is 0 Å². The van der Waals surface area contributed by atoms with Crippen molar-refractivity contribution in [2.45, 2.75) is 11.8 Å². The number of carbonyl (C=O) groups is 1. The second kappa shape index (κ2) is 4.03. The Morgan fingerprint density at radius 1 is 1.60 bits per heavy atom. The minimum absolute atomic E-state index is 0.0637. The van der Waals surface area contributed by atoms with Gasteiger partial charge < -0.3 is 9.88 Å². The maximum atomic E-state index is 11.4. The average molecular weight is 231 g/mol. The molecule has 1 rings (SSSR count). The summed E-state index contributed by atoms with van der Waals surface area (Å²) in [5.74, 6) is -0.324. The lowest BCUT2D eigenvalue weighted by Crippen LogP contribution is -2.24. The first-order valence-corrected chi connectivity index (χ1v) is 5.88. The summed E-state index contributed by atoms with van der Waals surface area (Å²) in [6, 6.07) is 1.25. The largest absolute Gasteiger partial charge is 0.351 e. The van der Waals surface area contributed by atoms with E-state index in [1.54, 1.807) is 14.0 Å².